The highest BCUT2D eigenvalue weighted by molar-refractivity contribution is 9.10. The van der Waals surface area contributed by atoms with E-state index >= 15 is 0 Å². The molecule has 94 valence electrons. The van der Waals surface area contributed by atoms with Gasteiger partial charge in [-0.2, -0.15) is 5.10 Å². The maximum atomic E-state index is 11.6. The summed E-state index contributed by atoms with van der Waals surface area (Å²) in [5.74, 6) is -0.197. The van der Waals surface area contributed by atoms with Crippen LogP contribution in [0.3, 0.4) is 0 Å². The third-order valence-corrected chi connectivity index (χ3v) is 3.01. The van der Waals surface area contributed by atoms with Crippen LogP contribution >= 0.6 is 15.9 Å². The van der Waals surface area contributed by atoms with E-state index in [2.05, 4.69) is 21.0 Å². The fraction of sp³-hybridized carbons (Fsp3) is 0.636. The van der Waals surface area contributed by atoms with Crippen molar-refractivity contribution >= 4 is 21.9 Å². The van der Waals surface area contributed by atoms with Gasteiger partial charge in [0.2, 0.25) is 0 Å². The zero-order valence-corrected chi connectivity index (χ0v) is 11.8. The van der Waals surface area contributed by atoms with Gasteiger partial charge in [0, 0.05) is 6.20 Å². The van der Waals surface area contributed by atoms with Crippen molar-refractivity contribution < 1.29 is 9.63 Å². The number of carbonyl (C=O) groups is 1. The van der Waals surface area contributed by atoms with E-state index in [1.54, 1.807) is 11.3 Å². The van der Waals surface area contributed by atoms with Crippen molar-refractivity contribution in [3.63, 3.8) is 0 Å². The first-order valence-electron chi connectivity index (χ1n) is 5.53. The fourth-order valence-electron chi connectivity index (χ4n) is 1.43. The summed E-state index contributed by atoms with van der Waals surface area (Å²) in [5, 5.41) is 5.88. The molecular weight excluding hydrogens is 286 g/mol. The van der Waals surface area contributed by atoms with Crippen molar-refractivity contribution in [3.05, 3.63) is 16.9 Å². The SMILES string of the molecule is CC(C)(C)C(=O)ON1CC(n2cc(Br)cn2)C1. The molecule has 0 N–H and O–H groups in total. The largest absolute Gasteiger partial charge is 0.367 e. The second-order valence-corrected chi connectivity index (χ2v) is 6.18. The molecule has 0 aromatic carbocycles. The summed E-state index contributed by atoms with van der Waals surface area (Å²) >= 11 is 3.35. The number of rotatable bonds is 2. The van der Waals surface area contributed by atoms with Crippen LogP contribution in [0.15, 0.2) is 16.9 Å². The highest BCUT2D eigenvalue weighted by Crippen LogP contribution is 2.24. The average Bonchev–Trinajstić information content (AvgIpc) is 2.55. The van der Waals surface area contributed by atoms with Gasteiger partial charge >= 0.3 is 5.97 Å². The Morgan fingerprint density at radius 1 is 1.53 bits per heavy atom. The lowest BCUT2D eigenvalue weighted by atomic mass is 9.98. The Morgan fingerprint density at radius 3 is 2.65 bits per heavy atom. The fourth-order valence-corrected chi connectivity index (χ4v) is 1.73. The van der Waals surface area contributed by atoms with E-state index in [9.17, 15) is 4.79 Å². The summed E-state index contributed by atoms with van der Waals surface area (Å²) in [6.45, 7) is 6.91. The van der Waals surface area contributed by atoms with Crippen molar-refractivity contribution in [1.82, 2.24) is 14.8 Å². The van der Waals surface area contributed by atoms with Crippen molar-refractivity contribution in [3.8, 4) is 0 Å². The number of aromatic nitrogens is 2. The summed E-state index contributed by atoms with van der Waals surface area (Å²) < 4.78 is 2.84. The standard InChI is InChI=1S/C11H16BrN3O2/c1-11(2,3)10(16)17-14-6-9(7-14)15-5-8(12)4-13-15/h4-5,9H,6-7H2,1-3H3. The molecule has 2 rings (SSSR count). The van der Waals surface area contributed by atoms with Gasteiger partial charge in [-0.15, -0.1) is 5.06 Å². The minimum Gasteiger partial charge on any atom is -0.367 e. The minimum absolute atomic E-state index is 0.197. The quantitative estimate of drug-likeness (QED) is 0.838. The van der Waals surface area contributed by atoms with E-state index in [0.29, 0.717) is 13.1 Å². The lowest BCUT2D eigenvalue weighted by molar-refractivity contribution is -0.226. The Bertz CT molecular complexity index is 419. The van der Waals surface area contributed by atoms with Gasteiger partial charge < -0.3 is 4.84 Å². The molecule has 0 aliphatic carbocycles. The topological polar surface area (TPSA) is 47.4 Å². The van der Waals surface area contributed by atoms with Crippen LogP contribution in [0.5, 0.6) is 0 Å². The first-order chi connectivity index (χ1) is 7.86. The van der Waals surface area contributed by atoms with Gasteiger partial charge in [0.25, 0.3) is 0 Å². The molecule has 17 heavy (non-hydrogen) atoms. The maximum Gasteiger partial charge on any atom is 0.330 e. The molecular formula is C11H16BrN3O2. The Kier molecular flexibility index (Phi) is 3.27. The van der Waals surface area contributed by atoms with E-state index in [-0.39, 0.29) is 12.0 Å². The Morgan fingerprint density at radius 2 is 2.18 bits per heavy atom. The number of hydroxylamine groups is 2. The summed E-state index contributed by atoms with van der Waals surface area (Å²) in [7, 11) is 0. The van der Waals surface area contributed by atoms with Gasteiger partial charge in [-0.3, -0.25) is 4.68 Å². The van der Waals surface area contributed by atoms with Crippen molar-refractivity contribution in [1.29, 1.82) is 0 Å². The van der Waals surface area contributed by atoms with E-state index in [1.807, 2.05) is 31.6 Å². The van der Waals surface area contributed by atoms with E-state index in [0.717, 1.165) is 4.47 Å². The van der Waals surface area contributed by atoms with E-state index in [4.69, 9.17) is 4.84 Å². The van der Waals surface area contributed by atoms with Crippen molar-refractivity contribution in [2.75, 3.05) is 13.1 Å². The first-order valence-corrected chi connectivity index (χ1v) is 6.32. The zero-order valence-electron chi connectivity index (χ0n) is 10.2. The van der Waals surface area contributed by atoms with Gasteiger partial charge in [-0.05, 0) is 36.7 Å². The summed E-state index contributed by atoms with van der Waals surface area (Å²) in [5.41, 5.74) is -0.459. The molecule has 1 aliphatic heterocycles. The Balaban J connectivity index is 1.82. The minimum atomic E-state index is -0.459. The third kappa shape index (κ3) is 2.87. The predicted octanol–water partition coefficient (Wildman–Crippen LogP) is 2.01. The first kappa shape index (κ1) is 12.6. The molecule has 1 saturated heterocycles. The summed E-state index contributed by atoms with van der Waals surface area (Å²) in [6.07, 6.45) is 3.68. The normalized spacial score (nSPS) is 17.9. The predicted molar refractivity (Wildman–Crippen MR) is 66.1 cm³/mol. The van der Waals surface area contributed by atoms with Crippen LogP contribution in [-0.4, -0.2) is 33.9 Å². The molecule has 5 nitrogen and oxygen atoms in total. The summed E-state index contributed by atoms with van der Waals surface area (Å²) in [6, 6.07) is 0.286. The maximum absolute atomic E-state index is 11.6. The van der Waals surface area contributed by atoms with Crippen LogP contribution in [-0.2, 0) is 9.63 Å². The van der Waals surface area contributed by atoms with Gasteiger partial charge in [-0.1, -0.05) is 0 Å². The van der Waals surface area contributed by atoms with Crippen LogP contribution in [0.4, 0.5) is 0 Å². The average molecular weight is 302 g/mol. The number of carbonyl (C=O) groups excluding carboxylic acids is 1. The monoisotopic (exact) mass is 301 g/mol. The van der Waals surface area contributed by atoms with Crippen LogP contribution in [0.1, 0.15) is 26.8 Å². The second kappa shape index (κ2) is 4.42. The lowest BCUT2D eigenvalue weighted by Crippen LogP contribution is -2.49. The molecule has 0 radical (unpaired) electrons. The third-order valence-electron chi connectivity index (χ3n) is 2.60. The Labute approximate surface area is 109 Å². The molecule has 6 heteroatoms. The van der Waals surface area contributed by atoms with Gasteiger partial charge in [0.15, 0.2) is 0 Å². The van der Waals surface area contributed by atoms with Crippen molar-refractivity contribution in [2.45, 2.75) is 26.8 Å². The van der Waals surface area contributed by atoms with E-state index < -0.39 is 5.41 Å². The molecule has 1 aromatic rings. The molecule has 0 unspecified atom stereocenters. The Hall–Kier alpha value is -0.880. The van der Waals surface area contributed by atoms with Crippen LogP contribution < -0.4 is 0 Å². The molecule has 0 bridgehead atoms. The van der Waals surface area contributed by atoms with Crippen LogP contribution in [0, 0.1) is 5.41 Å². The molecule has 1 aliphatic rings. The van der Waals surface area contributed by atoms with Gasteiger partial charge in [-0.25, -0.2) is 4.79 Å². The number of hydrogen-bond donors (Lipinski definition) is 0. The lowest BCUT2D eigenvalue weighted by Gasteiger charge is -2.38. The smallest absolute Gasteiger partial charge is 0.330 e. The highest BCUT2D eigenvalue weighted by Gasteiger charge is 2.34. The van der Waals surface area contributed by atoms with E-state index in [1.165, 1.54) is 0 Å². The summed E-state index contributed by atoms with van der Waals surface area (Å²) in [4.78, 5) is 16.9. The van der Waals surface area contributed by atoms with Gasteiger partial charge in [0.1, 0.15) is 0 Å². The zero-order chi connectivity index (χ0) is 12.6. The van der Waals surface area contributed by atoms with Gasteiger partial charge in [0.05, 0.1) is 35.2 Å². The van der Waals surface area contributed by atoms with Crippen LogP contribution in [0.2, 0.25) is 0 Å². The number of nitrogens with zero attached hydrogens (tertiary/aromatic N) is 3. The molecule has 1 aromatic heterocycles. The van der Waals surface area contributed by atoms with Crippen molar-refractivity contribution in [2.24, 2.45) is 5.41 Å². The van der Waals surface area contributed by atoms with Crippen LogP contribution in [0.25, 0.3) is 0 Å². The molecule has 2 heterocycles. The number of halogens is 1. The molecule has 0 amide bonds. The highest BCUT2D eigenvalue weighted by atomic mass is 79.9. The number of hydrogen-bond acceptors (Lipinski definition) is 4. The molecule has 1 fully saturated rings. The second-order valence-electron chi connectivity index (χ2n) is 5.27. The molecule has 0 spiro atoms. The molecule has 0 atom stereocenters. The molecule has 0 saturated carbocycles.